The van der Waals surface area contributed by atoms with Crippen molar-refractivity contribution < 1.29 is 14.7 Å². The molecule has 1 amide bonds. The second-order valence-electron chi connectivity index (χ2n) is 2.88. The Morgan fingerprint density at radius 2 is 2.38 bits per heavy atom. The summed E-state index contributed by atoms with van der Waals surface area (Å²) in [4.78, 5) is 23.4. The summed E-state index contributed by atoms with van der Waals surface area (Å²) in [5.74, 6) is 0.351. The monoisotopic (exact) mass is 204 g/mol. The van der Waals surface area contributed by atoms with Gasteiger partial charge in [0.05, 0.1) is 6.04 Å². The van der Waals surface area contributed by atoms with Crippen LogP contribution in [0.3, 0.4) is 0 Å². The van der Waals surface area contributed by atoms with Gasteiger partial charge in [-0.05, 0) is 7.05 Å². The third kappa shape index (κ3) is 2.89. The van der Waals surface area contributed by atoms with E-state index in [0.29, 0.717) is 0 Å². The van der Waals surface area contributed by atoms with E-state index in [1.165, 1.54) is 0 Å². The van der Waals surface area contributed by atoms with Crippen LogP contribution in [0.5, 0.6) is 0 Å². The Balaban J connectivity index is 2.34. The number of carboxylic acids is 1. The summed E-state index contributed by atoms with van der Waals surface area (Å²) < 4.78 is 0. The maximum atomic E-state index is 11.3. The summed E-state index contributed by atoms with van der Waals surface area (Å²) in [5, 5.41) is 10.7. The fourth-order valence-electron chi connectivity index (χ4n) is 1.08. The molecule has 0 aromatic carbocycles. The number of carbonyl (C=O) groups is 2. The first-order chi connectivity index (χ1) is 6.11. The molecule has 13 heavy (non-hydrogen) atoms. The van der Waals surface area contributed by atoms with Crippen LogP contribution in [0.1, 0.15) is 0 Å². The molecule has 1 aliphatic rings. The summed E-state index contributed by atoms with van der Waals surface area (Å²) in [5.41, 5.74) is 0. The van der Waals surface area contributed by atoms with Gasteiger partial charge in [-0.1, -0.05) is 0 Å². The van der Waals surface area contributed by atoms with E-state index in [-0.39, 0.29) is 18.5 Å². The summed E-state index contributed by atoms with van der Waals surface area (Å²) in [6, 6.07) is -0.177. The standard InChI is InChI=1S/C7H12N2O3S/c1-9-4-13-3-5(9)7(12)8-2-6(10)11/h5H,2-4H2,1H3,(H,8,12)(H,10,11). The lowest BCUT2D eigenvalue weighted by Gasteiger charge is -2.16. The number of nitrogens with one attached hydrogen (secondary N) is 1. The van der Waals surface area contributed by atoms with Crippen LogP contribution < -0.4 is 5.32 Å². The fourth-order valence-corrected chi connectivity index (χ4v) is 2.28. The van der Waals surface area contributed by atoms with Gasteiger partial charge in [0.2, 0.25) is 5.91 Å². The lowest BCUT2D eigenvalue weighted by Crippen LogP contribution is -2.44. The topological polar surface area (TPSA) is 69.6 Å². The van der Waals surface area contributed by atoms with Gasteiger partial charge < -0.3 is 10.4 Å². The van der Waals surface area contributed by atoms with Crippen molar-refractivity contribution in [2.75, 3.05) is 25.2 Å². The summed E-state index contributed by atoms with van der Waals surface area (Å²) in [6.45, 7) is -0.298. The minimum atomic E-state index is -1.01. The third-order valence-corrected chi connectivity index (χ3v) is 2.96. The molecule has 0 aliphatic carbocycles. The SMILES string of the molecule is CN1CSCC1C(=O)NCC(=O)O. The van der Waals surface area contributed by atoms with Crippen LogP contribution in [-0.4, -0.2) is 53.1 Å². The highest BCUT2D eigenvalue weighted by Gasteiger charge is 2.28. The molecule has 0 radical (unpaired) electrons. The van der Waals surface area contributed by atoms with Gasteiger partial charge in [-0.3, -0.25) is 14.5 Å². The average Bonchev–Trinajstić information content (AvgIpc) is 2.47. The van der Waals surface area contributed by atoms with Crippen LogP contribution in [0, 0.1) is 0 Å². The highest BCUT2D eigenvalue weighted by atomic mass is 32.2. The molecule has 5 nitrogen and oxygen atoms in total. The first-order valence-electron chi connectivity index (χ1n) is 3.88. The third-order valence-electron chi connectivity index (χ3n) is 1.82. The Kier molecular flexibility index (Phi) is 3.56. The summed E-state index contributed by atoms with van der Waals surface area (Å²) in [7, 11) is 1.85. The number of likely N-dealkylation sites (N-methyl/N-ethyl adjacent to an activating group) is 1. The van der Waals surface area contributed by atoms with Crippen LogP contribution in [0.4, 0.5) is 0 Å². The second kappa shape index (κ2) is 4.48. The number of carbonyl (C=O) groups excluding carboxylic acids is 1. The molecular weight excluding hydrogens is 192 g/mol. The van der Waals surface area contributed by atoms with Crippen LogP contribution in [0.15, 0.2) is 0 Å². The zero-order valence-corrected chi connectivity index (χ0v) is 8.13. The molecule has 74 valence electrons. The molecule has 0 spiro atoms. The second-order valence-corrected chi connectivity index (χ2v) is 3.88. The number of thioether (sulfide) groups is 1. The minimum Gasteiger partial charge on any atom is -0.480 e. The van der Waals surface area contributed by atoms with E-state index in [1.54, 1.807) is 11.8 Å². The van der Waals surface area contributed by atoms with Gasteiger partial charge in [0.25, 0.3) is 0 Å². The van der Waals surface area contributed by atoms with Crippen LogP contribution in [0.2, 0.25) is 0 Å². The number of hydrogen-bond acceptors (Lipinski definition) is 4. The molecule has 0 bridgehead atoms. The molecule has 1 rings (SSSR count). The van der Waals surface area contributed by atoms with E-state index in [4.69, 9.17) is 5.11 Å². The van der Waals surface area contributed by atoms with Crippen molar-refractivity contribution in [1.82, 2.24) is 10.2 Å². The fraction of sp³-hybridized carbons (Fsp3) is 0.714. The minimum absolute atomic E-state index is 0.177. The predicted octanol–water partition coefficient (Wildman–Crippen LogP) is -0.808. The quantitative estimate of drug-likeness (QED) is 0.629. The van der Waals surface area contributed by atoms with E-state index in [2.05, 4.69) is 5.32 Å². The van der Waals surface area contributed by atoms with E-state index in [9.17, 15) is 9.59 Å². The number of carboxylic acid groups (broad SMARTS) is 1. The zero-order chi connectivity index (χ0) is 9.84. The van der Waals surface area contributed by atoms with Crippen molar-refractivity contribution in [3.63, 3.8) is 0 Å². The van der Waals surface area contributed by atoms with Crippen molar-refractivity contribution in [1.29, 1.82) is 0 Å². The van der Waals surface area contributed by atoms with Gasteiger partial charge in [-0.15, -0.1) is 11.8 Å². The van der Waals surface area contributed by atoms with Crippen LogP contribution >= 0.6 is 11.8 Å². The van der Waals surface area contributed by atoms with Gasteiger partial charge in [-0.2, -0.15) is 0 Å². The molecule has 6 heteroatoms. The van der Waals surface area contributed by atoms with Gasteiger partial charge >= 0.3 is 5.97 Å². The molecule has 0 saturated carbocycles. The molecule has 0 aromatic rings. The average molecular weight is 204 g/mol. The Bertz CT molecular complexity index is 222. The summed E-state index contributed by atoms with van der Waals surface area (Å²) >= 11 is 1.67. The lowest BCUT2D eigenvalue weighted by molar-refractivity contribution is -0.138. The number of hydrogen-bond donors (Lipinski definition) is 2. The van der Waals surface area contributed by atoms with Crippen molar-refractivity contribution in [2.45, 2.75) is 6.04 Å². The molecule has 1 aliphatic heterocycles. The Morgan fingerprint density at radius 1 is 1.69 bits per heavy atom. The molecule has 0 aromatic heterocycles. The van der Waals surface area contributed by atoms with Gasteiger partial charge in [0, 0.05) is 11.6 Å². The Hall–Kier alpha value is -0.750. The molecule has 2 N–H and O–H groups in total. The van der Waals surface area contributed by atoms with Gasteiger partial charge in [-0.25, -0.2) is 0 Å². The first-order valence-corrected chi connectivity index (χ1v) is 5.04. The molecule has 1 saturated heterocycles. The van der Waals surface area contributed by atoms with E-state index >= 15 is 0 Å². The predicted molar refractivity (Wildman–Crippen MR) is 49.5 cm³/mol. The molecular formula is C7H12N2O3S. The zero-order valence-electron chi connectivity index (χ0n) is 7.32. The smallest absolute Gasteiger partial charge is 0.322 e. The highest BCUT2D eigenvalue weighted by molar-refractivity contribution is 7.99. The van der Waals surface area contributed by atoms with Crippen LogP contribution in [0.25, 0.3) is 0 Å². The molecule has 1 unspecified atom stereocenters. The Labute approximate surface area is 80.5 Å². The highest BCUT2D eigenvalue weighted by Crippen LogP contribution is 2.18. The maximum Gasteiger partial charge on any atom is 0.322 e. The molecule has 1 fully saturated rings. The molecule has 1 atom stereocenters. The number of aliphatic carboxylic acids is 1. The summed E-state index contributed by atoms with van der Waals surface area (Å²) in [6.07, 6.45) is 0. The van der Waals surface area contributed by atoms with E-state index < -0.39 is 5.97 Å². The number of rotatable bonds is 3. The van der Waals surface area contributed by atoms with Crippen molar-refractivity contribution in [3.8, 4) is 0 Å². The maximum absolute atomic E-state index is 11.3. The van der Waals surface area contributed by atoms with Crippen molar-refractivity contribution >= 4 is 23.6 Å². The lowest BCUT2D eigenvalue weighted by atomic mass is 10.3. The first kappa shape index (κ1) is 10.3. The van der Waals surface area contributed by atoms with E-state index in [0.717, 1.165) is 11.6 Å². The van der Waals surface area contributed by atoms with Gasteiger partial charge in [0.1, 0.15) is 6.54 Å². The molecule has 1 heterocycles. The normalized spacial score (nSPS) is 23.0. The largest absolute Gasteiger partial charge is 0.480 e. The van der Waals surface area contributed by atoms with Gasteiger partial charge in [0.15, 0.2) is 0 Å². The van der Waals surface area contributed by atoms with E-state index in [1.807, 2.05) is 11.9 Å². The Morgan fingerprint density at radius 3 is 2.85 bits per heavy atom. The van der Waals surface area contributed by atoms with Crippen molar-refractivity contribution in [3.05, 3.63) is 0 Å². The van der Waals surface area contributed by atoms with Crippen LogP contribution in [-0.2, 0) is 9.59 Å². The number of nitrogens with zero attached hydrogens (tertiary/aromatic N) is 1. The van der Waals surface area contributed by atoms with Crippen molar-refractivity contribution in [2.24, 2.45) is 0 Å². The number of amides is 1.